The van der Waals surface area contributed by atoms with Crippen LogP contribution in [0.2, 0.25) is 0 Å². The van der Waals surface area contributed by atoms with E-state index >= 15 is 0 Å². The van der Waals surface area contributed by atoms with Crippen molar-refractivity contribution in [3.63, 3.8) is 0 Å². The van der Waals surface area contributed by atoms with Gasteiger partial charge in [0.1, 0.15) is 0 Å². The third-order valence-electron chi connectivity index (χ3n) is 3.21. The van der Waals surface area contributed by atoms with Gasteiger partial charge in [-0.2, -0.15) is 11.8 Å². The third-order valence-corrected chi connectivity index (χ3v) is 5.16. The molecule has 1 fully saturated rings. The van der Waals surface area contributed by atoms with Gasteiger partial charge in [-0.3, -0.25) is 0 Å². The minimum absolute atomic E-state index is 0.371. The molecule has 1 saturated carbocycles. The highest BCUT2D eigenvalue weighted by molar-refractivity contribution is 7.99. The minimum Gasteiger partial charge on any atom is -0.464 e. The Balaban J connectivity index is 1.99. The smallest absolute Gasteiger partial charge is 0.357 e. The minimum atomic E-state index is -0.371. The summed E-state index contributed by atoms with van der Waals surface area (Å²) >= 11 is 3.38. The molecule has 1 heterocycles. The van der Waals surface area contributed by atoms with E-state index in [1.54, 1.807) is 5.38 Å². The van der Waals surface area contributed by atoms with Gasteiger partial charge in [0.15, 0.2) is 10.8 Å². The molecule has 2 rings (SSSR count). The Labute approximate surface area is 116 Å². The standard InChI is InChI=1S/C12H18N2O2S2/c1-16-11(15)9-7-18-12(14-9)13-8-5-3-4-6-10(8)17-2/h7-8,10H,3-6H2,1-2H3,(H,13,14). The summed E-state index contributed by atoms with van der Waals surface area (Å²) < 4.78 is 4.66. The zero-order chi connectivity index (χ0) is 13.0. The molecule has 4 nitrogen and oxygen atoms in total. The molecule has 100 valence electrons. The lowest BCUT2D eigenvalue weighted by atomic mass is 9.95. The second-order valence-electron chi connectivity index (χ2n) is 4.34. The van der Waals surface area contributed by atoms with Crippen molar-refractivity contribution in [3.8, 4) is 0 Å². The summed E-state index contributed by atoms with van der Waals surface area (Å²) in [5, 5.41) is 6.66. The van der Waals surface area contributed by atoms with Crippen LogP contribution in [0.15, 0.2) is 5.38 Å². The van der Waals surface area contributed by atoms with Gasteiger partial charge in [-0.15, -0.1) is 11.3 Å². The molecule has 1 aromatic heterocycles. The number of carbonyl (C=O) groups is 1. The quantitative estimate of drug-likeness (QED) is 0.862. The number of hydrogen-bond acceptors (Lipinski definition) is 6. The Morgan fingerprint density at radius 2 is 2.33 bits per heavy atom. The Kier molecular flexibility index (Phi) is 4.88. The fraction of sp³-hybridized carbons (Fsp3) is 0.667. The molecule has 0 amide bonds. The second kappa shape index (κ2) is 6.43. The normalized spacial score (nSPS) is 23.7. The average molecular weight is 286 g/mol. The van der Waals surface area contributed by atoms with E-state index in [9.17, 15) is 4.79 Å². The number of thioether (sulfide) groups is 1. The molecule has 0 aromatic carbocycles. The van der Waals surface area contributed by atoms with Crippen molar-refractivity contribution in [2.75, 3.05) is 18.7 Å². The first-order valence-corrected chi connectivity index (χ1v) is 8.24. The molecule has 0 radical (unpaired) electrons. The van der Waals surface area contributed by atoms with Gasteiger partial charge in [-0.1, -0.05) is 12.8 Å². The van der Waals surface area contributed by atoms with Gasteiger partial charge in [0.25, 0.3) is 0 Å². The maximum atomic E-state index is 11.3. The van der Waals surface area contributed by atoms with E-state index in [2.05, 4.69) is 21.3 Å². The second-order valence-corrected chi connectivity index (χ2v) is 6.27. The van der Waals surface area contributed by atoms with Gasteiger partial charge in [-0.25, -0.2) is 9.78 Å². The van der Waals surface area contributed by atoms with Crippen molar-refractivity contribution in [1.82, 2.24) is 4.98 Å². The van der Waals surface area contributed by atoms with Crippen LogP contribution in [0.3, 0.4) is 0 Å². The van der Waals surface area contributed by atoms with Crippen molar-refractivity contribution in [2.45, 2.75) is 37.0 Å². The molecule has 2 atom stereocenters. The number of carbonyl (C=O) groups excluding carboxylic acids is 1. The number of nitrogens with one attached hydrogen (secondary N) is 1. The summed E-state index contributed by atoms with van der Waals surface area (Å²) in [5.41, 5.74) is 0.390. The molecular formula is C12H18N2O2S2. The van der Waals surface area contributed by atoms with Crippen LogP contribution in [0.25, 0.3) is 0 Å². The number of ether oxygens (including phenoxy) is 1. The van der Waals surface area contributed by atoms with E-state index in [1.807, 2.05) is 11.8 Å². The lowest BCUT2D eigenvalue weighted by Gasteiger charge is -2.30. The van der Waals surface area contributed by atoms with Crippen LogP contribution in [0.1, 0.15) is 36.2 Å². The highest BCUT2D eigenvalue weighted by Crippen LogP contribution is 2.30. The van der Waals surface area contributed by atoms with Crippen LogP contribution in [0.4, 0.5) is 5.13 Å². The van der Waals surface area contributed by atoms with E-state index in [0.717, 1.165) is 5.13 Å². The first-order chi connectivity index (χ1) is 8.74. The van der Waals surface area contributed by atoms with Crippen LogP contribution in [-0.2, 0) is 4.74 Å². The number of esters is 1. The van der Waals surface area contributed by atoms with Crippen LogP contribution in [0.5, 0.6) is 0 Å². The molecule has 0 bridgehead atoms. The summed E-state index contributed by atoms with van der Waals surface area (Å²) in [6, 6.07) is 0.463. The molecule has 0 spiro atoms. The van der Waals surface area contributed by atoms with Gasteiger partial charge in [0.05, 0.1) is 7.11 Å². The van der Waals surface area contributed by atoms with Crippen LogP contribution < -0.4 is 5.32 Å². The molecule has 0 saturated heterocycles. The molecule has 6 heteroatoms. The number of hydrogen-bond donors (Lipinski definition) is 1. The maximum absolute atomic E-state index is 11.3. The molecule has 1 N–H and O–H groups in total. The number of anilines is 1. The van der Waals surface area contributed by atoms with Gasteiger partial charge >= 0.3 is 5.97 Å². The predicted molar refractivity (Wildman–Crippen MR) is 76.6 cm³/mol. The number of thiazole rings is 1. The average Bonchev–Trinajstić information content (AvgIpc) is 2.87. The number of methoxy groups -OCH3 is 1. The number of nitrogens with zero attached hydrogens (tertiary/aromatic N) is 1. The monoisotopic (exact) mass is 286 g/mol. The topological polar surface area (TPSA) is 51.2 Å². The first-order valence-electron chi connectivity index (χ1n) is 6.07. The van der Waals surface area contributed by atoms with E-state index in [-0.39, 0.29) is 5.97 Å². The van der Waals surface area contributed by atoms with E-state index in [1.165, 1.54) is 44.1 Å². The van der Waals surface area contributed by atoms with Gasteiger partial charge in [0, 0.05) is 16.7 Å². The zero-order valence-corrected chi connectivity index (χ0v) is 12.3. The SMILES string of the molecule is COC(=O)c1csc(NC2CCCCC2SC)n1. The van der Waals surface area contributed by atoms with E-state index in [4.69, 9.17) is 0 Å². The number of aromatic nitrogens is 1. The lowest BCUT2D eigenvalue weighted by Crippen LogP contribution is -2.34. The highest BCUT2D eigenvalue weighted by Gasteiger charge is 2.25. The fourth-order valence-corrected chi connectivity index (χ4v) is 3.92. The van der Waals surface area contributed by atoms with Crippen molar-refractivity contribution < 1.29 is 9.53 Å². The molecule has 1 aliphatic carbocycles. The van der Waals surface area contributed by atoms with Crippen LogP contribution in [-0.4, -0.2) is 35.6 Å². The summed E-state index contributed by atoms with van der Waals surface area (Å²) in [6.07, 6.45) is 7.18. The van der Waals surface area contributed by atoms with Crippen LogP contribution >= 0.6 is 23.1 Å². The molecule has 1 aliphatic rings. The Bertz CT molecular complexity index is 409. The Hall–Kier alpha value is -0.750. The maximum Gasteiger partial charge on any atom is 0.357 e. The largest absolute Gasteiger partial charge is 0.464 e. The zero-order valence-electron chi connectivity index (χ0n) is 10.6. The summed E-state index contributed by atoms with van der Waals surface area (Å²) in [7, 11) is 1.37. The molecule has 0 aliphatic heterocycles. The van der Waals surface area contributed by atoms with Gasteiger partial charge in [-0.05, 0) is 19.1 Å². The van der Waals surface area contributed by atoms with Crippen molar-refractivity contribution in [1.29, 1.82) is 0 Å². The molecular weight excluding hydrogens is 268 g/mol. The van der Waals surface area contributed by atoms with Gasteiger partial charge < -0.3 is 10.1 Å². The van der Waals surface area contributed by atoms with E-state index < -0.39 is 0 Å². The lowest BCUT2D eigenvalue weighted by molar-refractivity contribution is 0.0595. The molecule has 18 heavy (non-hydrogen) atoms. The molecule has 2 unspecified atom stereocenters. The summed E-state index contributed by atoms with van der Waals surface area (Å²) in [4.78, 5) is 15.6. The fourth-order valence-electron chi connectivity index (χ4n) is 2.24. The highest BCUT2D eigenvalue weighted by atomic mass is 32.2. The van der Waals surface area contributed by atoms with E-state index in [0.29, 0.717) is 17.0 Å². The van der Waals surface area contributed by atoms with Crippen molar-refractivity contribution >= 4 is 34.2 Å². The predicted octanol–water partition coefficient (Wildman–Crippen LogP) is 3.02. The summed E-state index contributed by atoms with van der Waals surface area (Å²) in [6.45, 7) is 0. The Morgan fingerprint density at radius 3 is 3.06 bits per heavy atom. The third kappa shape index (κ3) is 3.17. The first kappa shape index (κ1) is 13.7. The van der Waals surface area contributed by atoms with Crippen molar-refractivity contribution in [2.24, 2.45) is 0 Å². The van der Waals surface area contributed by atoms with Crippen molar-refractivity contribution in [3.05, 3.63) is 11.1 Å². The summed E-state index contributed by atoms with van der Waals surface area (Å²) in [5.74, 6) is -0.371. The van der Waals surface area contributed by atoms with Gasteiger partial charge in [0.2, 0.25) is 0 Å². The Morgan fingerprint density at radius 1 is 1.56 bits per heavy atom. The number of rotatable bonds is 4. The van der Waals surface area contributed by atoms with Crippen LogP contribution in [0, 0.1) is 0 Å². The molecule has 1 aromatic rings.